The molecule has 0 unspecified atom stereocenters. The molecule has 0 amide bonds. The molecule has 0 atom stereocenters. The number of hydrogen-bond donors (Lipinski definition) is 1. The molecule has 0 aromatic rings. The van der Waals surface area contributed by atoms with E-state index >= 15 is 0 Å². The van der Waals surface area contributed by atoms with Crippen LogP contribution < -0.4 is 5.73 Å². The van der Waals surface area contributed by atoms with Crippen molar-refractivity contribution in [2.24, 2.45) is 10.7 Å². The van der Waals surface area contributed by atoms with Crippen LogP contribution in [0.4, 0.5) is 0 Å². The van der Waals surface area contributed by atoms with Gasteiger partial charge in [0.2, 0.25) is 0 Å². The Hall–Kier alpha value is -2.09. The SMILES string of the molecule is C=C(N)c1cc(C=NC)c2c(C)cc(CC)cc(C)c1-2.CC.CC. The second kappa shape index (κ2) is 10.6. The summed E-state index contributed by atoms with van der Waals surface area (Å²) in [7, 11) is 1.79. The molecule has 0 bridgehead atoms. The number of nitrogens with two attached hydrogens (primary N) is 1. The quantitative estimate of drug-likeness (QED) is 0.690. The molecule has 2 aliphatic carbocycles. The Morgan fingerprint density at radius 1 is 1.04 bits per heavy atom. The van der Waals surface area contributed by atoms with Gasteiger partial charge in [-0.1, -0.05) is 53.3 Å². The van der Waals surface area contributed by atoms with Crippen molar-refractivity contribution >= 4 is 11.9 Å². The van der Waals surface area contributed by atoms with Crippen LogP contribution in [0, 0.1) is 13.8 Å². The summed E-state index contributed by atoms with van der Waals surface area (Å²) in [5.41, 5.74) is 15.0. The number of nitrogens with zero attached hydrogens (tertiary/aromatic N) is 1. The Balaban J connectivity index is 0.00000123. The molecule has 24 heavy (non-hydrogen) atoms. The molecule has 2 aliphatic rings. The van der Waals surface area contributed by atoms with E-state index in [1.807, 2.05) is 33.9 Å². The van der Waals surface area contributed by atoms with E-state index < -0.39 is 0 Å². The molecule has 2 N–H and O–H groups in total. The number of aryl methyl sites for hydroxylation is 3. The van der Waals surface area contributed by atoms with Crippen molar-refractivity contribution in [3.63, 3.8) is 0 Å². The standard InChI is InChI=1S/C18H22N2.2C2H6/c1-6-14-7-11(2)17-15(10-20-5)9-16(13(4)19)18(17)12(3)8-14;2*1-2/h7-10H,4,6,19H2,1-3,5H3;2*1-2H3. The summed E-state index contributed by atoms with van der Waals surface area (Å²) in [5.74, 6) is 0. The first-order chi connectivity index (χ1) is 11.5. The van der Waals surface area contributed by atoms with Crippen LogP contribution >= 0.6 is 0 Å². The molecule has 132 valence electrons. The van der Waals surface area contributed by atoms with Gasteiger partial charge in [0.1, 0.15) is 0 Å². The van der Waals surface area contributed by atoms with E-state index in [4.69, 9.17) is 5.73 Å². The molecule has 0 saturated heterocycles. The number of aliphatic imine (C=N–C) groups is 1. The molecule has 0 fully saturated rings. The van der Waals surface area contributed by atoms with Crippen molar-refractivity contribution in [3.8, 4) is 11.1 Å². The first-order valence-electron chi connectivity index (χ1n) is 8.93. The van der Waals surface area contributed by atoms with Crippen LogP contribution in [0.5, 0.6) is 0 Å². The maximum absolute atomic E-state index is 5.98. The maximum Gasteiger partial charge on any atom is 0.0321 e. The van der Waals surface area contributed by atoms with Crippen LogP contribution in [0.15, 0.2) is 29.8 Å². The average Bonchev–Trinajstić information content (AvgIpc) is 2.92. The lowest BCUT2D eigenvalue weighted by molar-refractivity contribution is 1.14. The number of fused-ring (bicyclic) bond motifs is 1. The third kappa shape index (κ3) is 4.70. The van der Waals surface area contributed by atoms with E-state index in [2.05, 4.69) is 50.5 Å². The van der Waals surface area contributed by atoms with Gasteiger partial charge in [-0.15, -0.1) is 0 Å². The molecular formula is C22H34N2. The molecule has 2 nitrogen and oxygen atoms in total. The fourth-order valence-electron chi connectivity index (χ4n) is 2.85. The maximum atomic E-state index is 5.98. The summed E-state index contributed by atoms with van der Waals surface area (Å²) in [6.07, 6.45) is 2.92. The van der Waals surface area contributed by atoms with Gasteiger partial charge in [0.15, 0.2) is 0 Å². The van der Waals surface area contributed by atoms with E-state index in [1.165, 1.54) is 27.8 Å². The molecule has 2 rings (SSSR count). The minimum atomic E-state index is 0.609. The average molecular weight is 327 g/mol. The van der Waals surface area contributed by atoms with E-state index in [9.17, 15) is 0 Å². The largest absolute Gasteiger partial charge is 0.399 e. The van der Waals surface area contributed by atoms with Crippen LogP contribution in [0.2, 0.25) is 0 Å². The van der Waals surface area contributed by atoms with Gasteiger partial charge < -0.3 is 5.73 Å². The second-order valence-corrected chi connectivity index (χ2v) is 5.26. The summed E-state index contributed by atoms with van der Waals surface area (Å²) in [6, 6.07) is 6.59. The predicted octanol–water partition coefficient (Wildman–Crippen LogP) is 6.00. The molecule has 2 heteroatoms. The van der Waals surface area contributed by atoms with Gasteiger partial charge in [-0.05, 0) is 54.2 Å². The Labute approximate surface area is 148 Å². The highest BCUT2D eigenvalue weighted by atomic mass is 14.6. The Bertz CT molecular complexity index is 666. The molecule has 0 heterocycles. The lowest BCUT2D eigenvalue weighted by Gasteiger charge is -2.06. The van der Waals surface area contributed by atoms with Crippen molar-refractivity contribution < 1.29 is 0 Å². The smallest absolute Gasteiger partial charge is 0.0321 e. The number of hydrogen-bond acceptors (Lipinski definition) is 2. The molecule has 0 aromatic carbocycles. The fourth-order valence-corrected chi connectivity index (χ4v) is 2.85. The number of rotatable bonds is 3. The lowest BCUT2D eigenvalue weighted by Crippen LogP contribution is -1.94. The molecule has 0 aliphatic heterocycles. The summed E-state index contributed by atoms with van der Waals surface area (Å²) in [4.78, 5) is 4.17. The minimum absolute atomic E-state index is 0.609. The third-order valence-corrected chi connectivity index (χ3v) is 3.72. The van der Waals surface area contributed by atoms with E-state index in [1.54, 1.807) is 7.05 Å². The summed E-state index contributed by atoms with van der Waals surface area (Å²) in [6.45, 7) is 18.4. The molecular weight excluding hydrogens is 292 g/mol. The van der Waals surface area contributed by atoms with Crippen molar-refractivity contribution in [2.75, 3.05) is 7.05 Å². The lowest BCUT2D eigenvalue weighted by atomic mass is 9.99. The van der Waals surface area contributed by atoms with Crippen LogP contribution in [0.3, 0.4) is 0 Å². The highest BCUT2D eigenvalue weighted by Gasteiger charge is 2.19. The Morgan fingerprint density at radius 3 is 1.96 bits per heavy atom. The summed E-state index contributed by atoms with van der Waals surface area (Å²) in [5, 5.41) is 0. The molecule has 0 radical (unpaired) electrons. The van der Waals surface area contributed by atoms with E-state index in [-0.39, 0.29) is 0 Å². The summed E-state index contributed by atoms with van der Waals surface area (Å²) >= 11 is 0. The normalized spacial score (nSPS) is 10.0. The second-order valence-electron chi connectivity index (χ2n) is 5.26. The van der Waals surface area contributed by atoms with Gasteiger partial charge in [0.05, 0.1) is 0 Å². The van der Waals surface area contributed by atoms with Gasteiger partial charge in [-0.3, -0.25) is 4.99 Å². The van der Waals surface area contributed by atoms with Crippen molar-refractivity contribution in [3.05, 3.63) is 52.6 Å². The van der Waals surface area contributed by atoms with Crippen LogP contribution in [-0.4, -0.2) is 13.3 Å². The highest BCUT2D eigenvalue weighted by Crippen LogP contribution is 2.38. The summed E-state index contributed by atoms with van der Waals surface area (Å²) < 4.78 is 0. The van der Waals surface area contributed by atoms with Crippen LogP contribution in [0.1, 0.15) is 62.4 Å². The molecule has 0 aromatic heterocycles. The topological polar surface area (TPSA) is 38.4 Å². The zero-order valence-corrected chi connectivity index (χ0v) is 16.7. The van der Waals surface area contributed by atoms with E-state index in [0.29, 0.717) is 5.70 Å². The zero-order valence-electron chi connectivity index (χ0n) is 16.7. The first-order valence-corrected chi connectivity index (χ1v) is 8.93. The fraction of sp³-hybridized carbons (Fsp3) is 0.409. The van der Waals surface area contributed by atoms with Gasteiger partial charge in [-0.2, -0.15) is 0 Å². The van der Waals surface area contributed by atoms with Crippen molar-refractivity contribution in [1.29, 1.82) is 0 Å². The Morgan fingerprint density at radius 2 is 1.54 bits per heavy atom. The monoisotopic (exact) mass is 326 g/mol. The molecule has 0 spiro atoms. The van der Waals surface area contributed by atoms with Gasteiger partial charge >= 0.3 is 0 Å². The van der Waals surface area contributed by atoms with Crippen molar-refractivity contribution in [1.82, 2.24) is 0 Å². The molecule has 0 saturated carbocycles. The van der Waals surface area contributed by atoms with Gasteiger partial charge in [0, 0.05) is 30.1 Å². The zero-order chi connectivity index (χ0) is 18.9. The van der Waals surface area contributed by atoms with Crippen LogP contribution in [-0.2, 0) is 6.42 Å². The van der Waals surface area contributed by atoms with Gasteiger partial charge in [0.25, 0.3) is 0 Å². The van der Waals surface area contributed by atoms with Crippen molar-refractivity contribution in [2.45, 2.75) is 54.9 Å². The highest BCUT2D eigenvalue weighted by molar-refractivity contribution is 5.99. The first kappa shape index (κ1) is 21.9. The van der Waals surface area contributed by atoms with Gasteiger partial charge in [-0.25, -0.2) is 0 Å². The predicted molar refractivity (Wildman–Crippen MR) is 111 cm³/mol. The van der Waals surface area contributed by atoms with Crippen LogP contribution in [0.25, 0.3) is 16.8 Å². The minimum Gasteiger partial charge on any atom is -0.399 e. The third-order valence-electron chi connectivity index (χ3n) is 3.72. The van der Waals surface area contributed by atoms with E-state index in [0.717, 1.165) is 17.5 Å². The Kier molecular flexibility index (Phi) is 9.71.